The van der Waals surface area contributed by atoms with Crippen molar-refractivity contribution in [3.63, 3.8) is 0 Å². The fourth-order valence-corrected chi connectivity index (χ4v) is 0.893. The van der Waals surface area contributed by atoms with Gasteiger partial charge in [-0.25, -0.2) is 0 Å². The third-order valence-corrected chi connectivity index (χ3v) is 1.58. The van der Waals surface area contributed by atoms with Crippen LogP contribution >= 0.6 is 0 Å². The highest BCUT2D eigenvalue weighted by atomic mass is 16.5. The summed E-state index contributed by atoms with van der Waals surface area (Å²) in [5.41, 5.74) is 0. The largest absolute Gasteiger partial charge is 0.394 e. The monoisotopic (exact) mass is 175 g/mol. The summed E-state index contributed by atoms with van der Waals surface area (Å²) in [6, 6.07) is 0. The Kier molecular flexibility index (Phi) is 10.8. The summed E-state index contributed by atoms with van der Waals surface area (Å²) in [4.78, 5) is 0. The number of aliphatic hydroxyl groups excluding tert-OH is 1. The minimum atomic E-state index is 0.128. The molecular weight excluding hydrogens is 154 g/mol. The fourth-order valence-electron chi connectivity index (χ4n) is 0.893. The maximum Gasteiger partial charge on any atom is 0.0697 e. The molecule has 2 N–H and O–H groups in total. The lowest BCUT2D eigenvalue weighted by Gasteiger charge is -2.03. The molecule has 0 aliphatic carbocycles. The van der Waals surface area contributed by atoms with Crippen LogP contribution in [0.15, 0.2) is 0 Å². The van der Waals surface area contributed by atoms with Gasteiger partial charge < -0.3 is 15.2 Å². The van der Waals surface area contributed by atoms with Crippen molar-refractivity contribution < 1.29 is 9.84 Å². The molecule has 0 saturated carbocycles. The first kappa shape index (κ1) is 11.9. The zero-order chi connectivity index (χ0) is 9.07. The summed E-state index contributed by atoms with van der Waals surface area (Å²) < 4.78 is 5.10. The molecule has 74 valence electrons. The predicted molar refractivity (Wildman–Crippen MR) is 50.3 cm³/mol. The van der Waals surface area contributed by atoms with E-state index in [0.29, 0.717) is 6.61 Å². The minimum Gasteiger partial charge on any atom is -0.394 e. The van der Waals surface area contributed by atoms with Gasteiger partial charge in [0.25, 0.3) is 0 Å². The standard InChI is InChI=1S/C9H21NO2/c1-2-3-5-10-6-4-8-12-9-7-11/h10-11H,2-9H2,1H3. The molecule has 0 bridgehead atoms. The second-order valence-electron chi connectivity index (χ2n) is 2.79. The van der Waals surface area contributed by atoms with Crippen molar-refractivity contribution in [2.45, 2.75) is 26.2 Å². The number of unbranched alkanes of at least 4 members (excludes halogenated alkanes) is 1. The molecule has 0 aromatic carbocycles. The normalized spacial score (nSPS) is 10.5. The van der Waals surface area contributed by atoms with Crippen molar-refractivity contribution in [1.29, 1.82) is 0 Å². The molecule has 12 heavy (non-hydrogen) atoms. The molecule has 0 radical (unpaired) electrons. The van der Waals surface area contributed by atoms with Crippen molar-refractivity contribution in [3.8, 4) is 0 Å². The predicted octanol–water partition coefficient (Wildman–Crippen LogP) is 0.775. The van der Waals surface area contributed by atoms with Crippen molar-refractivity contribution in [3.05, 3.63) is 0 Å². The van der Waals surface area contributed by atoms with E-state index in [1.54, 1.807) is 0 Å². The molecule has 0 aromatic rings. The van der Waals surface area contributed by atoms with E-state index in [2.05, 4.69) is 12.2 Å². The van der Waals surface area contributed by atoms with E-state index in [9.17, 15) is 0 Å². The van der Waals surface area contributed by atoms with Crippen molar-refractivity contribution in [2.75, 3.05) is 32.9 Å². The Morgan fingerprint density at radius 2 is 1.92 bits per heavy atom. The lowest BCUT2D eigenvalue weighted by atomic mass is 10.3. The molecule has 0 heterocycles. The molecule has 0 fully saturated rings. The second-order valence-corrected chi connectivity index (χ2v) is 2.79. The van der Waals surface area contributed by atoms with Crippen LogP contribution in [0.25, 0.3) is 0 Å². The molecule has 3 heteroatoms. The van der Waals surface area contributed by atoms with Gasteiger partial charge in [-0.15, -0.1) is 0 Å². The second kappa shape index (κ2) is 10.9. The lowest BCUT2D eigenvalue weighted by Crippen LogP contribution is -2.18. The Morgan fingerprint density at radius 1 is 1.17 bits per heavy atom. The van der Waals surface area contributed by atoms with Gasteiger partial charge in [-0.05, 0) is 25.9 Å². The van der Waals surface area contributed by atoms with E-state index < -0.39 is 0 Å². The quantitative estimate of drug-likeness (QED) is 0.509. The van der Waals surface area contributed by atoms with E-state index in [-0.39, 0.29) is 6.61 Å². The smallest absolute Gasteiger partial charge is 0.0697 e. The van der Waals surface area contributed by atoms with Crippen LogP contribution in [0.3, 0.4) is 0 Å². The summed E-state index contributed by atoms with van der Waals surface area (Å²) >= 11 is 0. The molecule has 0 aliphatic heterocycles. The van der Waals surface area contributed by atoms with Gasteiger partial charge in [0, 0.05) is 6.61 Å². The van der Waals surface area contributed by atoms with Gasteiger partial charge >= 0.3 is 0 Å². The van der Waals surface area contributed by atoms with Gasteiger partial charge in [-0.2, -0.15) is 0 Å². The van der Waals surface area contributed by atoms with Crippen LogP contribution in [0.5, 0.6) is 0 Å². The van der Waals surface area contributed by atoms with Crippen LogP contribution in [0.2, 0.25) is 0 Å². The Bertz CT molecular complexity index is 68.9. The van der Waals surface area contributed by atoms with E-state index in [1.807, 2.05) is 0 Å². The highest BCUT2D eigenvalue weighted by Gasteiger charge is 1.88. The number of rotatable bonds is 9. The van der Waals surface area contributed by atoms with Crippen molar-refractivity contribution in [1.82, 2.24) is 5.32 Å². The molecule has 3 nitrogen and oxygen atoms in total. The third kappa shape index (κ3) is 9.88. The van der Waals surface area contributed by atoms with Gasteiger partial charge in [0.15, 0.2) is 0 Å². The molecule has 0 spiro atoms. The highest BCUT2D eigenvalue weighted by Crippen LogP contribution is 1.84. The van der Waals surface area contributed by atoms with Gasteiger partial charge in [0.2, 0.25) is 0 Å². The number of hydrogen-bond donors (Lipinski definition) is 2. The maximum atomic E-state index is 8.40. The van der Waals surface area contributed by atoms with Crippen LogP contribution in [-0.4, -0.2) is 38.0 Å². The first-order chi connectivity index (χ1) is 5.91. The SMILES string of the molecule is CCCCNCCCOCCO. The summed E-state index contributed by atoms with van der Waals surface area (Å²) in [7, 11) is 0. The van der Waals surface area contributed by atoms with Crippen molar-refractivity contribution >= 4 is 0 Å². The molecule has 0 rings (SSSR count). The maximum absolute atomic E-state index is 8.40. The average molecular weight is 175 g/mol. The van der Waals surface area contributed by atoms with Crippen LogP contribution in [-0.2, 0) is 4.74 Å². The topological polar surface area (TPSA) is 41.5 Å². The Labute approximate surface area is 75.1 Å². The molecule has 0 unspecified atom stereocenters. The van der Waals surface area contributed by atoms with Gasteiger partial charge in [0.1, 0.15) is 0 Å². The number of hydrogen-bond acceptors (Lipinski definition) is 3. The highest BCUT2D eigenvalue weighted by molar-refractivity contribution is 4.46. The molecular formula is C9H21NO2. The Morgan fingerprint density at radius 3 is 2.58 bits per heavy atom. The number of nitrogens with one attached hydrogen (secondary N) is 1. The first-order valence-corrected chi connectivity index (χ1v) is 4.81. The molecule has 0 amide bonds. The Hall–Kier alpha value is -0.120. The van der Waals surface area contributed by atoms with Crippen LogP contribution < -0.4 is 5.32 Å². The molecule has 0 aromatic heterocycles. The minimum absolute atomic E-state index is 0.128. The summed E-state index contributed by atoms with van der Waals surface area (Å²) in [6.45, 7) is 5.66. The lowest BCUT2D eigenvalue weighted by molar-refractivity contribution is 0.0907. The van der Waals surface area contributed by atoms with Crippen LogP contribution in [0, 0.1) is 0 Å². The van der Waals surface area contributed by atoms with Crippen LogP contribution in [0.4, 0.5) is 0 Å². The zero-order valence-corrected chi connectivity index (χ0v) is 8.01. The van der Waals surface area contributed by atoms with E-state index >= 15 is 0 Å². The average Bonchev–Trinajstić information content (AvgIpc) is 2.10. The molecule has 0 aliphatic rings. The Balaban J connectivity index is 2.73. The molecule has 0 atom stereocenters. The summed E-state index contributed by atoms with van der Waals surface area (Å²) in [5, 5.41) is 11.7. The first-order valence-electron chi connectivity index (χ1n) is 4.81. The number of aliphatic hydroxyl groups is 1. The van der Waals surface area contributed by atoms with Gasteiger partial charge in [-0.1, -0.05) is 13.3 Å². The van der Waals surface area contributed by atoms with Gasteiger partial charge in [0.05, 0.1) is 13.2 Å². The van der Waals surface area contributed by atoms with Gasteiger partial charge in [-0.3, -0.25) is 0 Å². The fraction of sp³-hybridized carbons (Fsp3) is 1.00. The summed E-state index contributed by atoms with van der Waals surface area (Å²) in [5.74, 6) is 0. The zero-order valence-electron chi connectivity index (χ0n) is 8.01. The van der Waals surface area contributed by atoms with E-state index in [4.69, 9.17) is 9.84 Å². The van der Waals surface area contributed by atoms with Crippen LogP contribution in [0.1, 0.15) is 26.2 Å². The molecule has 0 saturated heterocycles. The van der Waals surface area contributed by atoms with E-state index in [1.165, 1.54) is 12.8 Å². The third-order valence-electron chi connectivity index (χ3n) is 1.58. The number of ether oxygens (including phenoxy) is 1. The van der Waals surface area contributed by atoms with Crippen molar-refractivity contribution in [2.24, 2.45) is 0 Å². The van der Waals surface area contributed by atoms with E-state index in [0.717, 1.165) is 26.1 Å². The summed E-state index contributed by atoms with van der Waals surface area (Å²) in [6.07, 6.45) is 3.52.